The topological polar surface area (TPSA) is 26.3 Å². The van der Waals surface area contributed by atoms with Gasteiger partial charge in [0, 0.05) is 17.4 Å². The molecule has 0 aromatic carbocycles. The molecule has 0 atom stereocenters. The van der Waals surface area contributed by atoms with E-state index >= 15 is 0 Å². The highest BCUT2D eigenvalue weighted by Gasteiger charge is 2.57. The SMILES string of the molecule is C=C(C)C(=O)OC1(S)C2CC3CC(C2)CC1C3. The van der Waals surface area contributed by atoms with Crippen molar-refractivity contribution in [1.82, 2.24) is 0 Å². The monoisotopic (exact) mass is 252 g/mol. The molecule has 94 valence electrons. The fraction of sp³-hybridized carbons (Fsp3) is 0.786. The van der Waals surface area contributed by atoms with E-state index in [4.69, 9.17) is 17.4 Å². The van der Waals surface area contributed by atoms with Crippen LogP contribution in [0.3, 0.4) is 0 Å². The Morgan fingerprint density at radius 3 is 2.06 bits per heavy atom. The second-order valence-electron chi connectivity index (χ2n) is 6.23. The molecular formula is C14H20O2S. The van der Waals surface area contributed by atoms with Crippen molar-refractivity contribution in [2.45, 2.75) is 44.0 Å². The van der Waals surface area contributed by atoms with Crippen molar-refractivity contribution in [3.05, 3.63) is 12.2 Å². The van der Waals surface area contributed by atoms with E-state index in [9.17, 15) is 4.79 Å². The fourth-order valence-corrected chi connectivity index (χ4v) is 4.77. The van der Waals surface area contributed by atoms with E-state index < -0.39 is 4.93 Å². The molecule has 0 N–H and O–H groups in total. The molecule has 4 bridgehead atoms. The van der Waals surface area contributed by atoms with Crippen molar-refractivity contribution < 1.29 is 9.53 Å². The van der Waals surface area contributed by atoms with E-state index in [1.807, 2.05) is 0 Å². The van der Waals surface area contributed by atoms with Gasteiger partial charge < -0.3 is 4.74 Å². The Labute approximate surface area is 108 Å². The summed E-state index contributed by atoms with van der Waals surface area (Å²) in [7, 11) is 0. The van der Waals surface area contributed by atoms with Gasteiger partial charge in [-0.25, -0.2) is 4.79 Å². The van der Waals surface area contributed by atoms with Crippen molar-refractivity contribution in [3.8, 4) is 0 Å². The van der Waals surface area contributed by atoms with Gasteiger partial charge >= 0.3 is 5.97 Å². The first-order valence-corrected chi connectivity index (χ1v) is 7.05. The van der Waals surface area contributed by atoms with Gasteiger partial charge in [-0.05, 0) is 50.9 Å². The molecule has 0 saturated heterocycles. The van der Waals surface area contributed by atoms with Gasteiger partial charge in [-0.2, -0.15) is 0 Å². The van der Waals surface area contributed by atoms with Gasteiger partial charge in [0.1, 0.15) is 0 Å². The standard InChI is InChI=1S/C14H20O2S/c1-8(2)13(15)16-14(17)11-4-9-3-10(6-11)7-12(14)5-9/h9-12,17H,1,3-7H2,2H3. The summed E-state index contributed by atoms with van der Waals surface area (Å²) in [6.45, 7) is 5.36. The second-order valence-corrected chi connectivity index (χ2v) is 6.93. The third kappa shape index (κ3) is 1.74. The molecule has 4 fully saturated rings. The van der Waals surface area contributed by atoms with Crippen molar-refractivity contribution >= 4 is 18.6 Å². The van der Waals surface area contributed by atoms with E-state index in [-0.39, 0.29) is 5.97 Å². The highest BCUT2D eigenvalue weighted by Crippen LogP contribution is 2.61. The zero-order valence-corrected chi connectivity index (χ0v) is 11.2. The summed E-state index contributed by atoms with van der Waals surface area (Å²) in [6, 6.07) is 0. The number of hydrogen-bond donors (Lipinski definition) is 1. The maximum atomic E-state index is 11.8. The summed E-state index contributed by atoms with van der Waals surface area (Å²) in [5, 5.41) is 0. The van der Waals surface area contributed by atoms with Crippen molar-refractivity contribution in [2.75, 3.05) is 0 Å². The number of rotatable bonds is 2. The molecular weight excluding hydrogens is 232 g/mol. The predicted molar refractivity (Wildman–Crippen MR) is 69.7 cm³/mol. The molecule has 0 aliphatic heterocycles. The maximum absolute atomic E-state index is 11.8. The molecule has 4 aliphatic rings. The minimum Gasteiger partial charge on any atom is -0.444 e. The second kappa shape index (κ2) is 3.78. The number of carbonyl (C=O) groups is 1. The lowest BCUT2D eigenvalue weighted by molar-refractivity contribution is -0.174. The zero-order valence-electron chi connectivity index (χ0n) is 10.3. The van der Waals surface area contributed by atoms with Crippen LogP contribution < -0.4 is 0 Å². The van der Waals surface area contributed by atoms with Gasteiger partial charge in [0.05, 0.1) is 0 Å². The normalized spacial score (nSPS) is 46.9. The average Bonchev–Trinajstić information content (AvgIpc) is 2.25. The Morgan fingerprint density at radius 2 is 1.65 bits per heavy atom. The Kier molecular flexibility index (Phi) is 2.58. The lowest BCUT2D eigenvalue weighted by Crippen LogP contribution is -2.56. The average molecular weight is 252 g/mol. The molecule has 0 unspecified atom stereocenters. The van der Waals surface area contributed by atoms with E-state index in [1.165, 1.54) is 32.1 Å². The molecule has 0 radical (unpaired) electrons. The molecule has 4 saturated carbocycles. The van der Waals surface area contributed by atoms with Crippen LogP contribution in [0.25, 0.3) is 0 Å². The summed E-state index contributed by atoms with van der Waals surface area (Å²) in [5.74, 6) is 2.38. The first kappa shape index (κ1) is 11.6. The third-order valence-electron chi connectivity index (χ3n) is 4.91. The molecule has 0 aromatic rings. The minimum absolute atomic E-state index is 0.271. The van der Waals surface area contributed by atoms with Crippen molar-refractivity contribution in [3.63, 3.8) is 0 Å². The van der Waals surface area contributed by atoms with Gasteiger partial charge in [-0.3, -0.25) is 0 Å². The van der Waals surface area contributed by atoms with Crippen LogP contribution in [0, 0.1) is 23.7 Å². The molecule has 4 rings (SSSR count). The lowest BCUT2D eigenvalue weighted by Gasteiger charge is -2.58. The van der Waals surface area contributed by atoms with Crippen LogP contribution in [-0.2, 0) is 9.53 Å². The van der Waals surface area contributed by atoms with Crippen LogP contribution in [0.4, 0.5) is 0 Å². The largest absolute Gasteiger partial charge is 0.444 e. The summed E-state index contributed by atoms with van der Waals surface area (Å²) >= 11 is 4.78. The van der Waals surface area contributed by atoms with Crippen LogP contribution in [0.2, 0.25) is 0 Å². The minimum atomic E-state index is -0.510. The Bertz CT molecular complexity index is 346. The number of ether oxygens (including phenoxy) is 1. The highest BCUT2D eigenvalue weighted by atomic mass is 32.1. The quantitative estimate of drug-likeness (QED) is 0.353. The fourth-order valence-electron chi connectivity index (χ4n) is 4.26. The lowest BCUT2D eigenvalue weighted by atomic mass is 9.54. The molecule has 2 nitrogen and oxygen atoms in total. The number of hydrogen-bond acceptors (Lipinski definition) is 3. The van der Waals surface area contributed by atoms with E-state index in [0.717, 1.165) is 11.8 Å². The summed E-state index contributed by atoms with van der Waals surface area (Å²) in [6.07, 6.45) is 6.17. The van der Waals surface area contributed by atoms with Crippen LogP contribution in [0.5, 0.6) is 0 Å². The van der Waals surface area contributed by atoms with Crippen molar-refractivity contribution in [2.24, 2.45) is 23.7 Å². The molecule has 0 amide bonds. The molecule has 0 aromatic heterocycles. The Morgan fingerprint density at radius 1 is 1.18 bits per heavy atom. The van der Waals surface area contributed by atoms with E-state index in [2.05, 4.69) is 6.58 Å². The number of carbonyl (C=O) groups excluding carboxylic acids is 1. The summed E-state index contributed by atoms with van der Waals surface area (Å²) in [4.78, 5) is 11.3. The van der Waals surface area contributed by atoms with Crippen LogP contribution >= 0.6 is 12.6 Å². The van der Waals surface area contributed by atoms with Crippen molar-refractivity contribution in [1.29, 1.82) is 0 Å². The molecule has 4 aliphatic carbocycles. The van der Waals surface area contributed by atoms with E-state index in [0.29, 0.717) is 17.4 Å². The molecule has 0 spiro atoms. The zero-order chi connectivity index (χ0) is 12.2. The Hall–Kier alpha value is -0.440. The van der Waals surface area contributed by atoms with E-state index in [1.54, 1.807) is 6.92 Å². The Balaban J connectivity index is 1.82. The molecule has 17 heavy (non-hydrogen) atoms. The van der Waals surface area contributed by atoms with Gasteiger partial charge in [-0.15, -0.1) is 12.6 Å². The summed E-state index contributed by atoms with van der Waals surface area (Å²) in [5.41, 5.74) is 0.479. The summed E-state index contributed by atoms with van der Waals surface area (Å²) < 4.78 is 5.70. The first-order valence-electron chi connectivity index (χ1n) is 6.60. The van der Waals surface area contributed by atoms with Crippen LogP contribution in [-0.4, -0.2) is 10.9 Å². The van der Waals surface area contributed by atoms with Crippen LogP contribution in [0.1, 0.15) is 39.0 Å². The van der Waals surface area contributed by atoms with Crippen LogP contribution in [0.15, 0.2) is 12.2 Å². The third-order valence-corrected chi connectivity index (χ3v) is 5.73. The van der Waals surface area contributed by atoms with Gasteiger partial charge in [0.25, 0.3) is 0 Å². The van der Waals surface area contributed by atoms with Gasteiger partial charge in [0.15, 0.2) is 4.93 Å². The molecule has 0 heterocycles. The predicted octanol–water partition coefficient (Wildman–Crippen LogP) is 3.19. The van der Waals surface area contributed by atoms with Gasteiger partial charge in [0.2, 0.25) is 0 Å². The highest BCUT2D eigenvalue weighted by molar-refractivity contribution is 7.81. The molecule has 3 heteroatoms. The van der Waals surface area contributed by atoms with Gasteiger partial charge in [-0.1, -0.05) is 6.58 Å². The smallest absolute Gasteiger partial charge is 0.334 e. The first-order chi connectivity index (χ1) is 7.99. The number of esters is 1. The number of thiol groups is 1. The maximum Gasteiger partial charge on any atom is 0.334 e.